The molecule has 0 fully saturated rings. The van der Waals surface area contributed by atoms with Crippen molar-refractivity contribution in [3.05, 3.63) is 39.6 Å². The molecule has 0 aliphatic heterocycles. The molecule has 7 nitrogen and oxygen atoms in total. The molecule has 0 saturated carbocycles. The van der Waals surface area contributed by atoms with Gasteiger partial charge in [-0.1, -0.05) is 16.9 Å². The summed E-state index contributed by atoms with van der Waals surface area (Å²) in [6.07, 6.45) is 1.59. The lowest BCUT2D eigenvalue weighted by Gasteiger charge is -2.10. The van der Waals surface area contributed by atoms with Gasteiger partial charge in [0.15, 0.2) is 5.16 Å². The highest BCUT2D eigenvalue weighted by Crippen LogP contribution is 2.18. The number of rotatable bonds is 5. The van der Waals surface area contributed by atoms with Crippen LogP contribution in [0.4, 0.5) is 0 Å². The second-order valence-corrected chi connectivity index (χ2v) is 5.10. The minimum Gasteiger partial charge on any atom is -0.481 e. The van der Waals surface area contributed by atoms with Gasteiger partial charge >= 0.3 is 5.97 Å². The van der Waals surface area contributed by atoms with E-state index < -0.39 is 11.5 Å². The van der Waals surface area contributed by atoms with Crippen molar-refractivity contribution in [2.24, 2.45) is 0 Å². The third-order valence-electron chi connectivity index (χ3n) is 2.68. The second kappa shape index (κ2) is 5.91. The van der Waals surface area contributed by atoms with Gasteiger partial charge < -0.3 is 14.2 Å². The summed E-state index contributed by atoms with van der Waals surface area (Å²) < 4.78 is 6.79. The number of thioether (sulfide) groups is 1. The molecule has 2 rings (SSSR count). The van der Waals surface area contributed by atoms with E-state index in [2.05, 4.69) is 10.1 Å². The molecule has 0 aliphatic carbocycles. The average Bonchev–Trinajstić information content (AvgIpc) is 2.70. The molecule has 2 heterocycles. The van der Waals surface area contributed by atoms with Crippen LogP contribution >= 0.6 is 11.8 Å². The van der Waals surface area contributed by atoms with Crippen LogP contribution in [-0.4, -0.2) is 31.5 Å². The third kappa shape index (κ3) is 3.27. The lowest BCUT2D eigenvalue weighted by molar-refractivity contribution is -0.133. The quantitative estimate of drug-likeness (QED) is 0.650. The smallest absolute Gasteiger partial charge is 0.313 e. The first-order valence-corrected chi connectivity index (χ1v) is 6.79. The number of hydrogen-bond acceptors (Lipinski definition) is 6. The van der Waals surface area contributed by atoms with Crippen molar-refractivity contribution < 1.29 is 14.4 Å². The Kier molecular flexibility index (Phi) is 4.23. The minimum atomic E-state index is -0.961. The molecule has 0 saturated heterocycles. The lowest BCUT2D eigenvalue weighted by atomic mass is 10.2. The lowest BCUT2D eigenvalue weighted by Crippen LogP contribution is -2.15. The van der Waals surface area contributed by atoms with Crippen LogP contribution in [0.25, 0.3) is 0 Å². The maximum Gasteiger partial charge on any atom is 0.313 e. The number of aromatic nitrogens is 3. The van der Waals surface area contributed by atoms with Gasteiger partial charge in [-0.15, -0.1) is 0 Å². The number of carboxylic acid groups (broad SMARTS) is 1. The van der Waals surface area contributed by atoms with Crippen molar-refractivity contribution >= 4 is 17.7 Å². The van der Waals surface area contributed by atoms with Crippen LogP contribution in [0.15, 0.2) is 26.7 Å². The van der Waals surface area contributed by atoms with Crippen LogP contribution in [0.1, 0.15) is 17.0 Å². The Balaban J connectivity index is 2.31. The average molecular weight is 295 g/mol. The van der Waals surface area contributed by atoms with Gasteiger partial charge in [0, 0.05) is 17.8 Å². The third-order valence-corrected chi connectivity index (χ3v) is 3.66. The molecule has 0 aliphatic rings. The van der Waals surface area contributed by atoms with Gasteiger partial charge in [0.1, 0.15) is 5.76 Å². The van der Waals surface area contributed by atoms with E-state index in [0.717, 1.165) is 23.0 Å². The van der Waals surface area contributed by atoms with Crippen LogP contribution in [0.2, 0.25) is 0 Å². The maximum atomic E-state index is 11.3. The molecule has 1 N–H and O–H groups in total. The fourth-order valence-electron chi connectivity index (χ4n) is 1.67. The van der Waals surface area contributed by atoms with Gasteiger partial charge in [-0.25, -0.2) is 0 Å². The normalized spacial score (nSPS) is 10.7. The van der Waals surface area contributed by atoms with Gasteiger partial charge in [0.25, 0.3) is 5.56 Å². The molecule has 0 radical (unpaired) electrons. The van der Waals surface area contributed by atoms with Crippen molar-refractivity contribution in [1.82, 2.24) is 14.7 Å². The molecule has 2 aromatic rings. The van der Waals surface area contributed by atoms with E-state index in [9.17, 15) is 9.59 Å². The summed E-state index contributed by atoms with van der Waals surface area (Å²) in [4.78, 5) is 25.8. The summed E-state index contributed by atoms with van der Waals surface area (Å²) in [5, 5.41) is 12.9. The summed E-state index contributed by atoms with van der Waals surface area (Å²) >= 11 is 1.00. The highest BCUT2D eigenvalue weighted by Gasteiger charge is 2.13. The number of carbonyl (C=O) groups is 1. The molecule has 0 amide bonds. The summed E-state index contributed by atoms with van der Waals surface area (Å²) in [6.45, 7) is 4.05. The number of aryl methyl sites for hydroxylation is 2. The topological polar surface area (TPSA) is 98.2 Å². The van der Waals surface area contributed by atoms with Crippen LogP contribution < -0.4 is 5.56 Å². The van der Waals surface area contributed by atoms with Crippen molar-refractivity contribution in [2.45, 2.75) is 25.5 Å². The van der Waals surface area contributed by atoms with E-state index >= 15 is 0 Å². The van der Waals surface area contributed by atoms with E-state index in [-0.39, 0.29) is 5.75 Å². The van der Waals surface area contributed by atoms with Crippen molar-refractivity contribution in [2.75, 3.05) is 5.75 Å². The Morgan fingerprint density at radius 1 is 1.50 bits per heavy atom. The Morgan fingerprint density at radius 2 is 2.25 bits per heavy atom. The van der Waals surface area contributed by atoms with Gasteiger partial charge in [-0.05, 0) is 13.8 Å². The molecule has 106 valence electrons. The Labute approximate surface area is 118 Å². The Bertz CT molecular complexity index is 673. The SMILES string of the molecule is Cc1noc(C)c1Cn1ccc(=O)nc1SCC(=O)O. The molecule has 20 heavy (non-hydrogen) atoms. The van der Waals surface area contributed by atoms with Crippen LogP contribution in [0.5, 0.6) is 0 Å². The van der Waals surface area contributed by atoms with E-state index in [0.29, 0.717) is 17.5 Å². The van der Waals surface area contributed by atoms with Crippen molar-refractivity contribution in [3.63, 3.8) is 0 Å². The predicted molar refractivity (Wildman–Crippen MR) is 71.9 cm³/mol. The van der Waals surface area contributed by atoms with E-state index in [4.69, 9.17) is 9.63 Å². The highest BCUT2D eigenvalue weighted by molar-refractivity contribution is 7.99. The second-order valence-electron chi connectivity index (χ2n) is 4.16. The zero-order valence-corrected chi connectivity index (χ0v) is 11.8. The van der Waals surface area contributed by atoms with Crippen molar-refractivity contribution in [1.29, 1.82) is 0 Å². The molecule has 0 bridgehead atoms. The van der Waals surface area contributed by atoms with Gasteiger partial charge in [-0.2, -0.15) is 4.98 Å². The molecular weight excluding hydrogens is 282 g/mol. The first kappa shape index (κ1) is 14.3. The molecule has 0 unspecified atom stereocenters. The Morgan fingerprint density at radius 3 is 2.85 bits per heavy atom. The molecule has 8 heteroatoms. The van der Waals surface area contributed by atoms with Crippen LogP contribution in [-0.2, 0) is 11.3 Å². The van der Waals surface area contributed by atoms with Gasteiger partial charge in [0.2, 0.25) is 0 Å². The molecule has 2 aromatic heterocycles. The first-order valence-electron chi connectivity index (χ1n) is 5.81. The molecule has 0 atom stereocenters. The van der Waals surface area contributed by atoms with Gasteiger partial charge in [-0.3, -0.25) is 9.59 Å². The number of nitrogens with zero attached hydrogens (tertiary/aromatic N) is 3. The van der Waals surface area contributed by atoms with Crippen LogP contribution in [0, 0.1) is 13.8 Å². The molecular formula is C12H13N3O4S. The summed E-state index contributed by atoms with van der Waals surface area (Å²) in [5.41, 5.74) is 1.26. The predicted octanol–water partition coefficient (Wildman–Crippen LogP) is 1.07. The van der Waals surface area contributed by atoms with Gasteiger partial charge in [0.05, 0.1) is 18.0 Å². The fourth-order valence-corrected chi connectivity index (χ4v) is 2.37. The number of aliphatic carboxylic acids is 1. The summed E-state index contributed by atoms with van der Waals surface area (Å²) in [7, 11) is 0. The number of hydrogen-bond donors (Lipinski definition) is 1. The minimum absolute atomic E-state index is 0.155. The van der Waals surface area contributed by atoms with Crippen molar-refractivity contribution in [3.8, 4) is 0 Å². The largest absolute Gasteiger partial charge is 0.481 e. The zero-order valence-electron chi connectivity index (χ0n) is 11.0. The van der Waals surface area contributed by atoms with E-state index in [1.807, 2.05) is 6.92 Å². The molecule has 0 aromatic carbocycles. The van der Waals surface area contributed by atoms with E-state index in [1.54, 1.807) is 17.7 Å². The molecule has 0 spiro atoms. The number of carboxylic acids is 1. The standard InChI is InChI=1S/C12H13N3O4S/c1-7-9(8(2)19-14-7)5-15-4-3-10(16)13-12(15)20-6-11(17)18/h3-4H,5-6H2,1-2H3,(H,17,18). The first-order chi connectivity index (χ1) is 9.47. The fraction of sp³-hybridized carbons (Fsp3) is 0.333. The Hall–Kier alpha value is -2.09. The summed E-state index contributed by atoms with van der Waals surface area (Å²) in [6, 6.07) is 1.34. The summed E-state index contributed by atoms with van der Waals surface area (Å²) in [5.74, 6) is -0.426. The van der Waals surface area contributed by atoms with E-state index in [1.165, 1.54) is 6.07 Å². The maximum absolute atomic E-state index is 11.3. The monoisotopic (exact) mass is 295 g/mol. The zero-order chi connectivity index (χ0) is 14.7. The van der Waals surface area contributed by atoms with Crippen LogP contribution in [0.3, 0.4) is 0 Å². The highest BCUT2D eigenvalue weighted by atomic mass is 32.2.